The molecule has 1 aliphatic heterocycles. The van der Waals surface area contributed by atoms with E-state index in [4.69, 9.17) is 16.6 Å². The van der Waals surface area contributed by atoms with E-state index >= 15 is 0 Å². The molecule has 7 heteroatoms. The molecular formula is C5H9N7. The van der Waals surface area contributed by atoms with E-state index in [1.807, 2.05) is 11.6 Å². The molecule has 1 heterocycles. The molecule has 0 amide bonds. The molecular weight excluding hydrogens is 158 g/mol. The topological polar surface area (TPSA) is 110 Å². The van der Waals surface area contributed by atoms with Gasteiger partial charge in [0.15, 0.2) is 5.84 Å². The third-order valence-electron chi connectivity index (χ3n) is 1.49. The summed E-state index contributed by atoms with van der Waals surface area (Å²) in [5.41, 5.74) is 21.6. The Bertz CT molecular complexity index is 253. The second-order valence-electron chi connectivity index (χ2n) is 2.22. The van der Waals surface area contributed by atoms with Gasteiger partial charge in [0.05, 0.1) is 13.6 Å². The summed E-state index contributed by atoms with van der Waals surface area (Å²) in [7, 11) is 1.94. The zero-order valence-electron chi connectivity index (χ0n) is 6.75. The van der Waals surface area contributed by atoms with Gasteiger partial charge in [-0.05, 0) is 17.1 Å². The second-order valence-corrected chi connectivity index (χ2v) is 2.22. The molecule has 64 valence electrons. The van der Waals surface area contributed by atoms with Crippen molar-refractivity contribution in [2.24, 2.45) is 5.11 Å². The molecule has 0 aliphatic carbocycles. The number of amidine groups is 1. The van der Waals surface area contributed by atoms with Crippen LogP contribution < -0.4 is 0 Å². The molecule has 0 N–H and O–H groups in total. The van der Waals surface area contributed by atoms with E-state index in [0.717, 1.165) is 25.2 Å². The Morgan fingerprint density at radius 2 is 2.00 bits per heavy atom. The van der Waals surface area contributed by atoms with Crippen LogP contribution in [0.4, 0.5) is 0 Å². The summed E-state index contributed by atoms with van der Waals surface area (Å²) >= 11 is 0. The van der Waals surface area contributed by atoms with Gasteiger partial charge < -0.3 is 11.1 Å². The standard InChI is InChI=1S/C5H9N4.N3/c1-9-4-2-3-5(9)7-8-6;1-3-2/h2-4H2,1H3;/q+1;-1. The highest BCUT2D eigenvalue weighted by atomic mass is 15.2. The third kappa shape index (κ3) is 3.46. The van der Waals surface area contributed by atoms with Crippen molar-refractivity contribution in [3.63, 3.8) is 0 Å². The summed E-state index contributed by atoms with van der Waals surface area (Å²) in [5.74, 6) is 0.873. The normalized spacial score (nSPS) is 14.1. The SMILES string of the molecule is C[N+]1=C(N=[N+]=[N-])CCC1.[N-]=[N+]=[N-]. The van der Waals surface area contributed by atoms with E-state index in [0.29, 0.717) is 0 Å². The van der Waals surface area contributed by atoms with Crippen LogP contribution in [0.15, 0.2) is 5.11 Å². The van der Waals surface area contributed by atoms with Gasteiger partial charge in [-0.25, -0.2) is 0 Å². The summed E-state index contributed by atoms with van der Waals surface area (Å²) in [6, 6.07) is 0. The minimum atomic E-state index is 0.873. The van der Waals surface area contributed by atoms with Crippen LogP contribution in [-0.4, -0.2) is 24.0 Å². The van der Waals surface area contributed by atoms with Gasteiger partial charge in [0.2, 0.25) is 0 Å². The van der Waals surface area contributed by atoms with E-state index in [1.165, 1.54) is 4.91 Å². The quantitative estimate of drug-likeness (QED) is 0.227. The molecule has 0 fully saturated rings. The van der Waals surface area contributed by atoms with Gasteiger partial charge in [-0.3, -0.25) is 9.49 Å². The zero-order valence-corrected chi connectivity index (χ0v) is 6.75. The lowest BCUT2D eigenvalue weighted by atomic mass is 10.3. The van der Waals surface area contributed by atoms with Crippen LogP contribution in [0, 0.1) is 0 Å². The Labute approximate surface area is 69.4 Å². The summed E-state index contributed by atoms with van der Waals surface area (Å²) in [6.07, 6.45) is 2.05. The molecule has 0 aromatic rings. The molecule has 0 saturated heterocycles. The zero-order chi connectivity index (χ0) is 9.40. The van der Waals surface area contributed by atoms with Gasteiger partial charge in [0, 0.05) is 11.3 Å². The Morgan fingerprint density at radius 1 is 1.42 bits per heavy atom. The number of hydrogen-bond donors (Lipinski definition) is 0. The van der Waals surface area contributed by atoms with Crippen molar-refractivity contribution in [3.8, 4) is 0 Å². The third-order valence-corrected chi connectivity index (χ3v) is 1.49. The maximum absolute atomic E-state index is 8.06. The molecule has 0 atom stereocenters. The van der Waals surface area contributed by atoms with Crippen LogP contribution in [-0.2, 0) is 0 Å². The average molecular weight is 167 g/mol. The summed E-state index contributed by atoms with van der Waals surface area (Å²) in [4.78, 5) is 4.21. The van der Waals surface area contributed by atoms with Crippen molar-refractivity contribution in [1.82, 2.24) is 0 Å². The minimum absolute atomic E-state index is 0.873. The first-order valence-electron chi connectivity index (χ1n) is 3.36. The highest BCUT2D eigenvalue weighted by Gasteiger charge is 2.10. The second kappa shape index (κ2) is 6.03. The molecule has 0 unspecified atom stereocenters. The predicted molar refractivity (Wildman–Crippen MR) is 44.5 cm³/mol. The van der Waals surface area contributed by atoms with Crippen LogP contribution in [0.1, 0.15) is 12.8 Å². The van der Waals surface area contributed by atoms with Gasteiger partial charge in [-0.15, -0.1) is 0 Å². The molecule has 12 heavy (non-hydrogen) atoms. The van der Waals surface area contributed by atoms with Gasteiger partial charge in [-0.2, -0.15) is 0 Å². The van der Waals surface area contributed by atoms with Gasteiger partial charge >= 0.3 is 0 Å². The van der Waals surface area contributed by atoms with Crippen LogP contribution in [0.2, 0.25) is 0 Å². The molecule has 0 saturated carbocycles. The van der Waals surface area contributed by atoms with E-state index in [-0.39, 0.29) is 0 Å². The van der Waals surface area contributed by atoms with Crippen LogP contribution in [0.5, 0.6) is 0 Å². The van der Waals surface area contributed by atoms with Crippen LogP contribution in [0.3, 0.4) is 0 Å². The first-order chi connectivity index (χ1) is 5.76. The van der Waals surface area contributed by atoms with Crippen molar-refractivity contribution < 1.29 is 4.58 Å². The fourth-order valence-electron chi connectivity index (χ4n) is 0.972. The smallest absolute Gasteiger partial charge is 0.159 e. The molecule has 1 aliphatic rings. The Kier molecular flexibility index (Phi) is 5.17. The highest BCUT2D eigenvalue weighted by molar-refractivity contribution is 5.78. The molecule has 0 radical (unpaired) electrons. The number of rotatable bonds is 0. The first-order valence-corrected chi connectivity index (χ1v) is 3.36. The fraction of sp³-hybridized carbons (Fsp3) is 0.800. The van der Waals surface area contributed by atoms with Gasteiger partial charge in [0.1, 0.15) is 0 Å². The molecule has 1 rings (SSSR count). The lowest BCUT2D eigenvalue weighted by Crippen LogP contribution is -2.05. The number of azide groups is 1. The largest absolute Gasteiger partial charge is 0.373 e. The highest BCUT2D eigenvalue weighted by Crippen LogP contribution is 2.02. The summed E-state index contributed by atoms with van der Waals surface area (Å²) in [6.45, 7) is 1.02. The fourth-order valence-corrected chi connectivity index (χ4v) is 0.972. The average Bonchev–Trinajstić information content (AvgIpc) is 2.39. The summed E-state index contributed by atoms with van der Waals surface area (Å²) in [5, 5.41) is 3.53. The van der Waals surface area contributed by atoms with Gasteiger partial charge in [-0.1, -0.05) is 0 Å². The monoisotopic (exact) mass is 167 g/mol. The van der Waals surface area contributed by atoms with Gasteiger partial charge in [0.25, 0.3) is 0 Å². The predicted octanol–water partition coefficient (Wildman–Crippen LogP) is 2.00. The van der Waals surface area contributed by atoms with E-state index in [9.17, 15) is 0 Å². The Morgan fingerprint density at radius 3 is 2.33 bits per heavy atom. The summed E-state index contributed by atoms with van der Waals surface area (Å²) < 4.78 is 1.99. The molecule has 0 bridgehead atoms. The molecule has 0 aromatic carbocycles. The van der Waals surface area contributed by atoms with E-state index in [1.54, 1.807) is 0 Å². The van der Waals surface area contributed by atoms with Crippen molar-refractivity contribution in [2.75, 3.05) is 13.6 Å². The van der Waals surface area contributed by atoms with Crippen molar-refractivity contribution in [3.05, 3.63) is 26.4 Å². The van der Waals surface area contributed by atoms with Crippen LogP contribution in [0.25, 0.3) is 26.4 Å². The van der Waals surface area contributed by atoms with Crippen molar-refractivity contribution in [2.45, 2.75) is 12.8 Å². The molecule has 0 aromatic heterocycles. The number of hydrogen-bond acceptors (Lipinski definition) is 1. The maximum atomic E-state index is 8.06. The molecule has 7 nitrogen and oxygen atoms in total. The Hall–Kier alpha value is -1.71. The molecule has 0 spiro atoms. The van der Waals surface area contributed by atoms with Crippen molar-refractivity contribution >= 4 is 5.84 Å². The van der Waals surface area contributed by atoms with E-state index < -0.39 is 0 Å². The Balaban J connectivity index is 0.000000354. The van der Waals surface area contributed by atoms with Crippen LogP contribution >= 0.6 is 0 Å². The maximum Gasteiger partial charge on any atom is 0.159 e. The lowest BCUT2D eigenvalue weighted by molar-refractivity contribution is -0.489. The lowest BCUT2D eigenvalue weighted by Gasteiger charge is -1.89. The first kappa shape index (κ1) is 10.3. The number of nitrogens with zero attached hydrogens (tertiary/aromatic N) is 7. The van der Waals surface area contributed by atoms with Crippen molar-refractivity contribution in [1.29, 1.82) is 0 Å². The van der Waals surface area contributed by atoms with E-state index in [2.05, 4.69) is 10.0 Å². The minimum Gasteiger partial charge on any atom is -0.373 e.